The summed E-state index contributed by atoms with van der Waals surface area (Å²) in [5.74, 6) is -0.00694. The fourth-order valence-electron chi connectivity index (χ4n) is 2.18. The number of ether oxygens (including phenoxy) is 2. The molecule has 0 radical (unpaired) electrons. The summed E-state index contributed by atoms with van der Waals surface area (Å²) in [5, 5.41) is 0. The molecule has 2 rings (SSSR count). The predicted molar refractivity (Wildman–Crippen MR) is 71.2 cm³/mol. The van der Waals surface area contributed by atoms with Gasteiger partial charge in [-0.05, 0) is 18.2 Å². The van der Waals surface area contributed by atoms with Gasteiger partial charge in [0, 0.05) is 37.8 Å². The van der Waals surface area contributed by atoms with Crippen molar-refractivity contribution in [3.8, 4) is 0 Å². The molecular weight excluding hydrogens is 250 g/mol. The standard InChI is InChI=1S/C13H17NO3S/c1-16-11-7-14(8-12(11)17-2)13(15)9-4-3-5-10(18)6-9/h3-6,11-12,18H,7-8H2,1-2H3. The van der Waals surface area contributed by atoms with Crippen LogP contribution in [0.3, 0.4) is 0 Å². The number of hydrogen-bond acceptors (Lipinski definition) is 4. The summed E-state index contributed by atoms with van der Waals surface area (Å²) in [6.45, 7) is 1.12. The Morgan fingerprint density at radius 1 is 1.28 bits per heavy atom. The van der Waals surface area contributed by atoms with Gasteiger partial charge in [0.1, 0.15) is 12.2 Å². The highest BCUT2D eigenvalue weighted by Crippen LogP contribution is 2.19. The molecule has 0 N–H and O–H groups in total. The second-order valence-corrected chi connectivity index (χ2v) is 4.83. The van der Waals surface area contributed by atoms with Crippen LogP contribution in [0.25, 0.3) is 0 Å². The number of amides is 1. The maximum Gasteiger partial charge on any atom is 0.254 e. The highest BCUT2D eigenvalue weighted by atomic mass is 32.1. The molecule has 1 saturated heterocycles. The van der Waals surface area contributed by atoms with Gasteiger partial charge in [0.15, 0.2) is 0 Å². The van der Waals surface area contributed by atoms with Crippen LogP contribution in [0.15, 0.2) is 29.2 Å². The SMILES string of the molecule is COC1CN(C(=O)c2cccc(S)c2)CC1OC. The predicted octanol–water partition coefficient (Wildman–Crippen LogP) is 1.46. The molecule has 5 heteroatoms. The summed E-state index contributed by atoms with van der Waals surface area (Å²) < 4.78 is 10.6. The van der Waals surface area contributed by atoms with Crippen LogP contribution in [0.5, 0.6) is 0 Å². The first-order valence-corrected chi connectivity index (χ1v) is 6.24. The molecule has 1 aliphatic heterocycles. The zero-order valence-electron chi connectivity index (χ0n) is 10.5. The van der Waals surface area contributed by atoms with Crippen molar-refractivity contribution in [2.45, 2.75) is 17.1 Å². The van der Waals surface area contributed by atoms with Gasteiger partial charge in [0.05, 0.1) is 0 Å². The Hall–Kier alpha value is -1.04. The molecule has 0 aliphatic carbocycles. The van der Waals surface area contributed by atoms with Gasteiger partial charge in [0.25, 0.3) is 5.91 Å². The summed E-state index contributed by atoms with van der Waals surface area (Å²) in [5.41, 5.74) is 0.647. The van der Waals surface area contributed by atoms with Crippen LogP contribution in [0.1, 0.15) is 10.4 Å². The lowest BCUT2D eigenvalue weighted by atomic mass is 10.2. The molecule has 1 heterocycles. The molecule has 2 atom stereocenters. The van der Waals surface area contributed by atoms with Crippen LogP contribution < -0.4 is 0 Å². The van der Waals surface area contributed by atoms with E-state index in [0.717, 1.165) is 4.90 Å². The van der Waals surface area contributed by atoms with Gasteiger partial charge in [-0.2, -0.15) is 0 Å². The number of methoxy groups -OCH3 is 2. The van der Waals surface area contributed by atoms with Crippen molar-refractivity contribution < 1.29 is 14.3 Å². The third kappa shape index (κ3) is 2.68. The molecule has 0 aromatic heterocycles. The summed E-state index contributed by atoms with van der Waals surface area (Å²) in [7, 11) is 3.28. The average Bonchev–Trinajstić information content (AvgIpc) is 2.81. The molecule has 0 saturated carbocycles. The Balaban J connectivity index is 2.11. The smallest absolute Gasteiger partial charge is 0.254 e. The van der Waals surface area contributed by atoms with Gasteiger partial charge in [-0.25, -0.2) is 0 Å². The second-order valence-electron chi connectivity index (χ2n) is 4.31. The summed E-state index contributed by atoms with van der Waals surface area (Å²) in [6, 6.07) is 7.24. The molecular formula is C13H17NO3S. The largest absolute Gasteiger partial charge is 0.377 e. The van der Waals surface area contributed by atoms with E-state index in [9.17, 15) is 4.79 Å². The van der Waals surface area contributed by atoms with Crippen LogP contribution in [-0.2, 0) is 9.47 Å². The van der Waals surface area contributed by atoms with Crippen molar-refractivity contribution in [1.29, 1.82) is 0 Å². The van der Waals surface area contributed by atoms with E-state index in [-0.39, 0.29) is 18.1 Å². The average molecular weight is 267 g/mol. The number of carbonyl (C=O) groups is 1. The lowest BCUT2D eigenvalue weighted by Crippen LogP contribution is -2.30. The first kappa shape index (κ1) is 13.4. The number of thiol groups is 1. The molecule has 4 nitrogen and oxygen atoms in total. The lowest BCUT2D eigenvalue weighted by Gasteiger charge is -2.15. The highest BCUT2D eigenvalue weighted by Gasteiger charge is 2.35. The van der Waals surface area contributed by atoms with Crippen molar-refractivity contribution in [2.75, 3.05) is 27.3 Å². The van der Waals surface area contributed by atoms with E-state index in [1.165, 1.54) is 0 Å². The Kier molecular flexibility index (Phi) is 4.27. The minimum Gasteiger partial charge on any atom is -0.377 e. The van der Waals surface area contributed by atoms with Gasteiger partial charge in [-0.3, -0.25) is 4.79 Å². The molecule has 1 aromatic carbocycles. The van der Waals surface area contributed by atoms with Crippen molar-refractivity contribution in [3.63, 3.8) is 0 Å². The van der Waals surface area contributed by atoms with Gasteiger partial charge in [0.2, 0.25) is 0 Å². The number of likely N-dealkylation sites (tertiary alicyclic amines) is 1. The molecule has 0 bridgehead atoms. The zero-order valence-corrected chi connectivity index (χ0v) is 11.4. The summed E-state index contributed by atoms with van der Waals surface area (Å²) >= 11 is 4.24. The Morgan fingerprint density at radius 2 is 1.89 bits per heavy atom. The molecule has 0 spiro atoms. The fourth-order valence-corrected chi connectivity index (χ4v) is 2.41. The van der Waals surface area contributed by atoms with E-state index in [2.05, 4.69) is 12.6 Å². The Bertz CT molecular complexity index is 426. The van der Waals surface area contributed by atoms with Crippen LogP contribution in [0.4, 0.5) is 0 Å². The number of nitrogens with zero attached hydrogens (tertiary/aromatic N) is 1. The normalized spacial score (nSPS) is 23.4. The summed E-state index contributed by atoms with van der Waals surface area (Å²) in [6.07, 6.45) is -0.115. The van der Waals surface area contributed by atoms with E-state index < -0.39 is 0 Å². The van der Waals surface area contributed by atoms with E-state index >= 15 is 0 Å². The maximum atomic E-state index is 12.3. The van der Waals surface area contributed by atoms with E-state index in [1.807, 2.05) is 12.1 Å². The van der Waals surface area contributed by atoms with E-state index in [1.54, 1.807) is 31.3 Å². The lowest BCUT2D eigenvalue weighted by molar-refractivity contribution is -0.00461. The van der Waals surface area contributed by atoms with Gasteiger partial charge in [-0.1, -0.05) is 6.07 Å². The first-order chi connectivity index (χ1) is 8.65. The fraction of sp³-hybridized carbons (Fsp3) is 0.462. The molecule has 1 fully saturated rings. The topological polar surface area (TPSA) is 38.8 Å². The monoisotopic (exact) mass is 267 g/mol. The van der Waals surface area contributed by atoms with Crippen molar-refractivity contribution in [2.24, 2.45) is 0 Å². The summed E-state index contributed by atoms with van der Waals surface area (Å²) in [4.78, 5) is 14.8. The van der Waals surface area contributed by atoms with Crippen LogP contribution >= 0.6 is 12.6 Å². The number of benzene rings is 1. The van der Waals surface area contributed by atoms with Crippen molar-refractivity contribution in [3.05, 3.63) is 29.8 Å². The second kappa shape index (κ2) is 5.73. The molecule has 2 unspecified atom stereocenters. The van der Waals surface area contributed by atoms with Gasteiger partial charge in [-0.15, -0.1) is 12.6 Å². The van der Waals surface area contributed by atoms with Crippen molar-refractivity contribution in [1.82, 2.24) is 4.90 Å². The zero-order chi connectivity index (χ0) is 13.1. The molecule has 1 amide bonds. The van der Waals surface area contributed by atoms with Gasteiger partial charge >= 0.3 is 0 Å². The number of hydrogen-bond donors (Lipinski definition) is 1. The minimum absolute atomic E-state index is 0.00694. The molecule has 1 aliphatic rings. The van der Waals surface area contributed by atoms with E-state index in [0.29, 0.717) is 18.7 Å². The quantitative estimate of drug-likeness (QED) is 0.843. The molecule has 98 valence electrons. The van der Waals surface area contributed by atoms with Crippen LogP contribution in [0.2, 0.25) is 0 Å². The van der Waals surface area contributed by atoms with Crippen LogP contribution in [-0.4, -0.2) is 50.3 Å². The number of rotatable bonds is 3. The molecule has 18 heavy (non-hydrogen) atoms. The van der Waals surface area contributed by atoms with E-state index in [4.69, 9.17) is 9.47 Å². The van der Waals surface area contributed by atoms with Crippen LogP contribution in [0, 0.1) is 0 Å². The third-order valence-electron chi connectivity index (χ3n) is 3.20. The van der Waals surface area contributed by atoms with Gasteiger partial charge < -0.3 is 14.4 Å². The third-order valence-corrected chi connectivity index (χ3v) is 3.48. The maximum absolute atomic E-state index is 12.3. The highest BCUT2D eigenvalue weighted by molar-refractivity contribution is 7.80. The number of carbonyl (C=O) groups excluding carboxylic acids is 1. The Morgan fingerprint density at radius 3 is 2.39 bits per heavy atom. The molecule has 1 aromatic rings. The first-order valence-electron chi connectivity index (χ1n) is 5.79. The van der Waals surface area contributed by atoms with Crippen molar-refractivity contribution >= 4 is 18.5 Å². The Labute approximate surface area is 112 Å². The minimum atomic E-state index is -0.0573.